The van der Waals surface area contributed by atoms with E-state index in [-0.39, 0.29) is 5.92 Å². The van der Waals surface area contributed by atoms with E-state index in [0.29, 0.717) is 18.0 Å². The SMILES string of the molecule is CN(C(=O)C1CCOCC1)C1CCCN(C2Cc3ccccc3C2)C1. The number of hydrogen-bond donors (Lipinski definition) is 0. The number of hydrogen-bond acceptors (Lipinski definition) is 3. The third-order valence-electron chi connectivity index (χ3n) is 6.44. The smallest absolute Gasteiger partial charge is 0.225 e. The largest absolute Gasteiger partial charge is 0.381 e. The second kappa shape index (κ2) is 7.46. The lowest BCUT2D eigenvalue weighted by Crippen LogP contribution is -2.53. The van der Waals surface area contributed by atoms with E-state index in [1.165, 1.54) is 36.9 Å². The van der Waals surface area contributed by atoms with Crippen LogP contribution in [0, 0.1) is 5.92 Å². The van der Waals surface area contributed by atoms with Crippen LogP contribution in [0.5, 0.6) is 0 Å². The van der Waals surface area contributed by atoms with Crippen LogP contribution in [-0.2, 0) is 22.4 Å². The Morgan fingerprint density at radius 1 is 1.12 bits per heavy atom. The van der Waals surface area contributed by atoms with E-state index in [9.17, 15) is 4.79 Å². The standard InChI is InChI=1S/C21H30N2O2/c1-22(21(24)16-8-11-25-12-9-16)19-7-4-10-23(15-19)20-13-17-5-2-3-6-18(17)14-20/h2-3,5-6,16,19-20H,4,7-15H2,1H3. The van der Waals surface area contributed by atoms with E-state index >= 15 is 0 Å². The molecular formula is C21H30N2O2. The Morgan fingerprint density at radius 3 is 2.48 bits per heavy atom. The fourth-order valence-electron chi connectivity index (χ4n) is 4.84. The van der Waals surface area contributed by atoms with Gasteiger partial charge in [0.25, 0.3) is 0 Å². The molecule has 1 aromatic rings. The molecule has 4 nitrogen and oxygen atoms in total. The molecule has 1 aliphatic carbocycles. The van der Waals surface area contributed by atoms with E-state index in [1.807, 2.05) is 7.05 Å². The Labute approximate surface area is 151 Å². The molecule has 1 aromatic carbocycles. The van der Waals surface area contributed by atoms with Crippen molar-refractivity contribution >= 4 is 5.91 Å². The summed E-state index contributed by atoms with van der Waals surface area (Å²) in [6.07, 6.45) is 6.45. The third-order valence-corrected chi connectivity index (χ3v) is 6.44. The van der Waals surface area contributed by atoms with Crippen LogP contribution in [0.15, 0.2) is 24.3 Å². The van der Waals surface area contributed by atoms with Gasteiger partial charge in [-0.2, -0.15) is 0 Å². The number of amides is 1. The molecule has 0 saturated carbocycles. The van der Waals surface area contributed by atoms with Crippen molar-refractivity contribution in [2.24, 2.45) is 5.92 Å². The van der Waals surface area contributed by atoms with Crippen LogP contribution in [0.25, 0.3) is 0 Å². The molecule has 4 rings (SSSR count). The summed E-state index contributed by atoms with van der Waals surface area (Å²) in [4.78, 5) is 17.6. The highest BCUT2D eigenvalue weighted by atomic mass is 16.5. The van der Waals surface area contributed by atoms with Crippen molar-refractivity contribution < 1.29 is 9.53 Å². The van der Waals surface area contributed by atoms with Gasteiger partial charge in [0.15, 0.2) is 0 Å². The molecule has 25 heavy (non-hydrogen) atoms. The number of nitrogens with zero attached hydrogens (tertiary/aromatic N) is 2. The first-order valence-corrected chi connectivity index (χ1v) is 9.87. The van der Waals surface area contributed by atoms with E-state index < -0.39 is 0 Å². The average Bonchev–Trinajstić information content (AvgIpc) is 3.12. The fourth-order valence-corrected chi connectivity index (χ4v) is 4.84. The van der Waals surface area contributed by atoms with Gasteiger partial charge in [0, 0.05) is 44.8 Å². The zero-order valence-electron chi connectivity index (χ0n) is 15.3. The molecular weight excluding hydrogens is 312 g/mol. The first kappa shape index (κ1) is 17.0. The van der Waals surface area contributed by atoms with Gasteiger partial charge in [-0.05, 0) is 56.2 Å². The molecule has 2 aliphatic heterocycles. The van der Waals surface area contributed by atoms with Crippen LogP contribution in [0.4, 0.5) is 0 Å². The van der Waals surface area contributed by atoms with Crippen molar-refractivity contribution in [3.8, 4) is 0 Å². The van der Waals surface area contributed by atoms with Crippen molar-refractivity contribution in [1.82, 2.24) is 9.80 Å². The number of ether oxygens (including phenoxy) is 1. The quantitative estimate of drug-likeness (QED) is 0.846. The molecule has 3 aliphatic rings. The molecule has 1 amide bonds. The highest BCUT2D eigenvalue weighted by Crippen LogP contribution is 2.29. The maximum absolute atomic E-state index is 12.9. The second-order valence-corrected chi connectivity index (χ2v) is 7.96. The Morgan fingerprint density at radius 2 is 1.80 bits per heavy atom. The zero-order chi connectivity index (χ0) is 17.2. The van der Waals surface area contributed by atoms with Crippen LogP contribution in [0.1, 0.15) is 36.8 Å². The van der Waals surface area contributed by atoms with Gasteiger partial charge in [-0.1, -0.05) is 24.3 Å². The average molecular weight is 342 g/mol. The lowest BCUT2D eigenvalue weighted by molar-refractivity contribution is -0.140. The summed E-state index contributed by atoms with van der Waals surface area (Å²) < 4.78 is 5.41. The minimum Gasteiger partial charge on any atom is -0.381 e. The van der Waals surface area contributed by atoms with Crippen LogP contribution in [0.3, 0.4) is 0 Å². The Kier molecular flexibility index (Phi) is 5.09. The maximum Gasteiger partial charge on any atom is 0.225 e. The first-order valence-electron chi connectivity index (χ1n) is 9.87. The number of piperidine rings is 1. The molecule has 2 saturated heterocycles. The predicted octanol–water partition coefficient (Wildman–Crippen LogP) is 2.50. The minimum atomic E-state index is 0.171. The lowest BCUT2D eigenvalue weighted by Gasteiger charge is -2.41. The summed E-state index contributed by atoms with van der Waals surface area (Å²) in [5, 5.41) is 0. The highest BCUT2D eigenvalue weighted by Gasteiger charge is 2.34. The molecule has 1 atom stereocenters. The summed E-state index contributed by atoms with van der Waals surface area (Å²) in [6.45, 7) is 3.68. The topological polar surface area (TPSA) is 32.8 Å². The molecule has 0 bridgehead atoms. The summed E-state index contributed by atoms with van der Waals surface area (Å²) >= 11 is 0. The normalized spacial score (nSPS) is 25.7. The Balaban J connectivity index is 1.37. The molecule has 2 fully saturated rings. The van der Waals surface area contributed by atoms with E-state index in [4.69, 9.17) is 4.74 Å². The van der Waals surface area contributed by atoms with Gasteiger partial charge in [0.1, 0.15) is 0 Å². The van der Waals surface area contributed by atoms with Gasteiger partial charge in [-0.25, -0.2) is 0 Å². The first-order chi connectivity index (χ1) is 12.2. The van der Waals surface area contributed by atoms with Crippen LogP contribution < -0.4 is 0 Å². The summed E-state index contributed by atoms with van der Waals surface area (Å²) in [7, 11) is 2.02. The van der Waals surface area contributed by atoms with Crippen molar-refractivity contribution in [3.05, 3.63) is 35.4 Å². The fraction of sp³-hybridized carbons (Fsp3) is 0.667. The molecule has 0 N–H and O–H groups in total. The van der Waals surface area contributed by atoms with Crippen LogP contribution >= 0.6 is 0 Å². The number of carbonyl (C=O) groups excluding carboxylic acids is 1. The lowest BCUT2D eigenvalue weighted by atomic mass is 9.96. The minimum absolute atomic E-state index is 0.171. The van der Waals surface area contributed by atoms with Crippen molar-refractivity contribution in [1.29, 1.82) is 0 Å². The monoisotopic (exact) mass is 342 g/mol. The summed E-state index contributed by atoms with van der Waals surface area (Å²) in [5.41, 5.74) is 3.03. The zero-order valence-corrected chi connectivity index (χ0v) is 15.3. The highest BCUT2D eigenvalue weighted by molar-refractivity contribution is 5.79. The van der Waals surface area contributed by atoms with Gasteiger partial charge < -0.3 is 9.64 Å². The molecule has 0 aromatic heterocycles. The molecule has 1 unspecified atom stereocenters. The van der Waals surface area contributed by atoms with Gasteiger partial charge in [-0.15, -0.1) is 0 Å². The number of likely N-dealkylation sites (N-methyl/N-ethyl adjacent to an activating group) is 1. The Bertz CT molecular complexity index is 587. The van der Waals surface area contributed by atoms with Gasteiger partial charge in [0.2, 0.25) is 5.91 Å². The van der Waals surface area contributed by atoms with Crippen molar-refractivity contribution in [2.45, 2.75) is 50.6 Å². The number of benzene rings is 1. The summed E-state index contributed by atoms with van der Waals surface area (Å²) in [6, 6.07) is 9.84. The van der Waals surface area contributed by atoms with Crippen molar-refractivity contribution in [3.63, 3.8) is 0 Å². The molecule has 0 spiro atoms. The van der Waals surface area contributed by atoms with Gasteiger partial charge in [-0.3, -0.25) is 9.69 Å². The molecule has 0 radical (unpaired) electrons. The second-order valence-electron chi connectivity index (χ2n) is 7.96. The Hall–Kier alpha value is -1.39. The third kappa shape index (κ3) is 3.61. The maximum atomic E-state index is 12.9. The van der Waals surface area contributed by atoms with Crippen LogP contribution in [-0.4, -0.2) is 61.1 Å². The van der Waals surface area contributed by atoms with Crippen molar-refractivity contribution in [2.75, 3.05) is 33.4 Å². The molecule has 136 valence electrons. The predicted molar refractivity (Wildman–Crippen MR) is 98.5 cm³/mol. The number of carbonyl (C=O) groups is 1. The number of fused-ring (bicyclic) bond motifs is 1. The summed E-state index contributed by atoms with van der Waals surface area (Å²) in [5.74, 6) is 0.509. The molecule has 2 heterocycles. The van der Waals surface area contributed by atoms with E-state index in [0.717, 1.165) is 39.0 Å². The number of rotatable bonds is 3. The van der Waals surface area contributed by atoms with E-state index in [1.54, 1.807) is 0 Å². The molecule has 4 heteroatoms. The van der Waals surface area contributed by atoms with Crippen LogP contribution in [0.2, 0.25) is 0 Å². The van der Waals surface area contributed by atoms with E-state index in [2.05, 4.69) is 34.1 Å². The van der Waals surface area contributed by atoms with Gasteiger partial charge in [0.05, 0.1) is 0 Å². The number of likely N-dealkylation sites (tertiary alicyclic amines) is 1. The van der Waals surface area contributed by atoms with Gasteiger partial charge >= 0.3 is 0 Å².